The van der Waals surface area contributed by atoms with Crippen LogP contribution >= 0.6 is 0 Å². The summed E-state index contributed by atoms with van der Waals surface area (Å²) in [5, 5.41) is 0. The van der Waals surface area contributed by atoms with Crippen LogP contribution in [0.4, 0.5) is 0 Å². The van der Waals surface area contributed by atoms with Crippen LogP contribution in [0.25, 0.3) is 5.57 Å². The number of fused-ring (bicyclic) bond motifs is 7. The van der Waals surface area contributed by atoms with Crippen molar-refractivity contribution in [1.29, 1.82) is 0 Å². The summed E-state index contributed by atoms with van der Waals surface area (Å²) in [6.07, 6.45) is 17.5. The third-order valence-corrected chi connectivity index (χ3v) is 15.0. The third-order valence-electron chi connectivity index (χ3n) is 15.0. The zero-order valence-electron chi connectivity index (χ0n) is 26.0. The van der Waals surface area contributed by atoms with E-state index < -0.39 is 0 Å². The molecule has 0 radical (unpaired) electrons. The standard InChI is InChI=1S/C37H53NO2/c1-33(2)27(24-9-11-25(12-10-24)32(39)40-6)16-18-34(3)29(33)17-19-36(5)30(34)14-13-28-31-26(23-7-8-23)15-20-37(31,38)22-21-35(28,36)4/h9-12,16,23,26,28-31H,7-8,13-15,17-22,38H2,1-6H3/t26-,28+,29-,30+,31+,34-,35+,36+,37-/m0/s1. The maximum absolute atomic E-state index is 12.0. The van der Waals surface area contributed by atoms with Crippen molar-refractivity contribution in [3.8, 4) is 0 Å². The van der Waals surface area contributed by atoms with E-state index >= 15 is 0 Å². The molecule has 0 unspecified atom stereocenters. The fourth-order valence-corrected chi connectivity index (χ4v) is 12.8. The SMILES string of the molecule is COC(=O)c1ccc(C2=CC[C@]3(C)[C@H]4CC[C@@H]5[C@H]6[C@H](C7CC7)CC[C@]6(N)CC[C@@]5(C)[C@]4(C)CC[C@H]3C2(C)C)cc1. The first-order valence-corrected chi connectivity index (χ1v) is 16.6. The molecule has 0 saturated heterocycles. The number of hydrogen-bond acceptors (Lipinski definition) is 3. The van der Waals surface area contributed by atoms with Gasteiger partial charge in [0.15, 0.2) is 0 Å². The number of esters is 1. The number of allylic oxidation sites excluding steroid dienone is 2. The zero-order chi connectivity index (χ0) is 28.3. The van der Waals surface area contributed by atoms with Crippen molar-refractivity contribution in [2.75, 3.05) is 7.11 Å². The lowest BCUT2D eigenvalue weighted by Gasteiger charge is -2.72. The van der Waals surface area contributed by atoms with Crippen LogP contribution in [0, 0.1) is 57.2 Å². The van der Waals surface area contributed by atoms with Crippen LogP contribution in [0.1, 0.15) is 121 Å². The Morgan fingerprint density at radius 1 is 0.825 bits per heavy atom. The van der Waals surface area contributed by atoms with Gasteiger partial charge in [0.1, 0.15) is 0 Å². The average molecular weight is 544 g/mol. The van der Waals surface area contributed by atoms with Gasteiger partial charge in [0.05, 0.1) is 12.7 Å². The van der Waals surface area contributed by atoms with Gasteiger partial charge in [-0.05, 0) is 151 Å². The average Bonchev–Trinajstić information content (AvgIpc) is 3.70. The molecule has 1 aromatic rings. The summed E-state index contributed by atoms with van der Waals surface area (Å²) in [5.41, 5.74) is 12.0. The maximum Gasteiger partial charge on any atom is 0.337 e. The normalized spacial score (nSPS) is 47.3. The van der Waals surface area contributed by atoms with E-state index in [1.54, 1.807) is 0 Å². The molecule has 1 aromatic carbocycles. The topological polar surface area (TPSA) is 52.3 Å². The Morgan fingerprint density at radius 3 is 2.23 bits per heavy atom. The van der Waals surface area contributed by atoms with Crippen molar-refractivity contribution in [3.63, 3.8) is 0 Å². The molecule has 5 fully saturated rings. The van der Waals surface area contributed by atoms with E-state index in [1.165, 1.54) is 88.9 Å². The van der Waals surface area contributed by atoms with E-state index in [0.717, 1.165) is 29.6 Å². The lowest BCUT2D eigenvalue weighted by Crippen LogP contribution is -2.67. The quantitative estimate of drug-likeness (QED) is 0.388. The van der Waals surface area contributed by atoms with E-state index in [-0.39, 0.29) is 16.9 Å². The second-order valence-electron chi connectivity index (χ2n) is 16.6. The van der Waals surface area contributed by atoms with Crippen molar-refractivity contribution in [2.24, 2.45) is 62.9 Å². The molecular weight excluding hydrogens is 490 g/mol. The highest BCUT2D eigenvalue weighted by Crippen LogP contribution is 2.76. The Morgan fingerprint density at radius 2 is 1.55 bits per heavy atom. The lowest BCUT2D eigenvalue weighted by atomic mass is 9.33. The van der Waals surface area contributed by atoms with Crippen LogP contribution in [0.15, 0.2) is 30.3 Å². The Bertz CT molecular complexity index is 1230. The van der Waals surface area contributed by atoms with Gasteiger partial charge in [-0.1, -0.05) is 52.8 Å². The van der Waals surface area contributed by atoms with Crippen molar-refractivity contribution in [2.45, 2.75) is 111 Å². The third kappa shape index (κ3) is 3.48. The molecule has 218 valence electrons. The highest BCUT2D eigenvalue weighted by molar-refractivity contribution is 5.89. The fraction of sp³-hybridized carbons (Fsp3) is 0.757. The van der Waals surface area contributed by atoms with E-state index in [1.807, 2.05) is 12.1 Å². The Balaban J connectivity index is 1.22. The molecule has 3 heteroatoms. The second-order valence-corrected chi connectivity index (χ2v) is 16.6. The van der Waals surface area contributed by atoms with Crippen LogP contribution in [-0.4, -0.2) is 18.6 Å². The van der Waals surface area contributed by atoms with Crippen LogP contribution < -0.4 is 5.73 Å². The number of benzene rings is 1. The van der Waals surface area contributed by atoms with Crippen molar-refractivity contribution < 1.29 is 9.53 Å². The van der Waals surface area contributed by atoms with Gasteiger partial charge in [-0.3, -0.25) is 0 Å². The summed E-state index contributed by atoms with van der Waals surface area (Å²) in [6, 6.07) is 8.15. The van der Waals surface area contributed by atoms with Gasteiger partial charge in [-0.2, -0.15) is 0 Å². The summed E-state index contributed by atoms with van der Waals surface area (Å²) < 4.78 is 4.94. The van der Waals surface area contributed by atoms with Crippen molar-refractivity contribution in [3.05, 3.63) is 41.5 Å². The molecule has 0 aromatic heterocycles. The number of ether oxygens (including phenoxy) is 1. The van der Waals surface area contributed by atoms with Gasteiger partial charge in [0, 0.05) is 5.54 Å². The molecule has 0 bridgehead atoms. The lowest BCUT2D eigenvalue weighted by molar-refractivity contribution is -0.218. The molecule has 40 heavy (non-hydrogen) atoms. The van der Waals surface area contributed by atoms with Gasteiger partial charge in [0.25, 0.3) is 0 Å². The molecule has 5 saturated carbocycles. The van der Waals surface area contributed by atoms with Crippen LogP contribution in [0.3, 0.4) is 0 Å². The number of rotatable bonds is 3. The van der Waals surface area contributed by atoms with Gasteiger partial charge >= 0.3 is 5.97 Å². The number of nitrogens with two attached hydrogens (primary N) is 1. The van der Waals surface area contributed by atoms with Gasteiger partial charge in [-0.25, -0.2) is 4.79 Å². The molecule has 6 aliphatic rings. The molecule has 6 aliphatic carbocycles. The molecule has 7 rings (SSSR count). The Kier molecular flexibility index (Phi) is 5.93. The molecule has 2 N–H and O–H groups in total. The van der Waals surface area contributed by atoms with E-state index in [4.69, 9.17) is 10.5 Å². The second kappa shape index (κ2) is 8.71. The largest absolute Gasteiger partial charge is 0.465 e. The summed E-state index contributed by atoms with van der Waals surface area (Å²) >= 11 is 0. The van der Waals surface area contributed by atoms with E-state index in [9.17, 15) is 4.79 Å². The molecular formula is C37H53NO2. The summed E-state index contributed by atoms with van der Waals surface area (Å²) in [6.45, 7) is 13.2. The maximum atomic E-state index is 12.0. The highest BCUT2D eigenvalue weighted by atomic mass is 16.5. The Hall–Kier alpha value is -1.61. The van der Waals surface area contributed by atoms with Gasteiger partial charge in [0.2, 0.25) is 0 Å². The molecule has 0 spiro atoms. The summed E-state index contributed by atoms with van der Waals surface area (Å²) in [5.74, 6) is 4.65. The van der Waals surface area contributed by atoms with Gasteiger partial charge < -0.3 is 10.5 Å². The molecule has 0 heterocycles. The predicted octanol–water partition coefficient (Wildman–Crippen LogP) is 8.67. The molecule has 9 atom stereocenters. The van der Waals surface area contributed by atoms with Crippen LogP contribution in [0.5, 0.6) is 0 Å². The van der Waals surface area contributed by atoms with E-state index in [2.05, 4.69) is 52.8 Å². The monoisotopic (exact) mass is 543 g/mol. The number of hydrogen-bond donors (Lipinski definition) is 1. The first-order chi connectivity index (χ1) is 18.9. The predicted molar refractivity (Wildman–Crippen MR) is 163 cm³/mol. The highest BCUT2D eigenvalue weighted by Gasteiger charge is 2.70. The number of methoxy groups -OCH3 is 1. The smallest absolute Gasteiger partial charge is 0.337 e. The van der Waals surface area contributed by atoms with Gasteiger partial charge in [-0.15, -0.1) is 0 Å². The first kappa shape index (κ1) is 27.2. The minimum Gasteiger partial charge on any atom is -0.465 e. The minimum atomic E-state index is -0.262. The van der Waals surface area contributed by atoms with Crippen molar-refractivity contribution in [1.82, 2.24) is 0 Å². The Labute approximate surface area is 243 Å². The van der Waals surface area contributed by atoms with Crippen molar-refractivity contribution >= 4 is 11.5 Å². The minimum absolute atomic E-state index is 0.0976. The fourth-order valence-electron chi connectivity index (χ4n) is 12.8. The van der Waals surface area contributed by atoms with Crippen LogP contribution in [0.2, 0.25) is 0 Å². The number of carbonyl (C=O) groups is 1. The zero-order valence-corrected chi connectivity index (χ0v) is 26.0. The summed E-state index contributed by atoms with van der Waals surface area (Å²) in [7, 11) is 1.45. The molecule has 0 amide bonds. The van der Waals surface area contributed by atoms with E-state index in [0.29, 0.717) is 27.7 Å². The summed E-state index contributed by atoms with van der Waals surface area (Å²) in [4.78, 5) is 12.0. The van der Waals surface area contributed by atoms with Crippen LogP contribution in [-0.2, 0) is 4.74 Å². The number of carbonyl (C=O) groups excluding carboxylic acids is 1. The molecule has 0 aliphatic heterocycles. The molecule has 3 nitrogen and oxygen atoms in total. The first-order valence-electron chi connectivity index (χ1n) is 16.6.